The van der Waals surface area contributed by atoms with Gasteiger partial charge >= 0.3 is 0 Å². The van der Waals surface area contributed by atoms with E-state index in [4.69, 9.17) is 18.9 Å². The molecule has 10 heteroatoms. The van der Waals surface area contributed by atoms with Gasteiger partial charge in [0.15, 0.2) is 23.4 Å². The Morgan fingerprint density at radius 2 is 2.00 bits per heavy atom. The molecule has 4 heterocycles. The molecule has 5 rings (SSSR count). The zero-order valence-corrected chi connectivity index (χ0v) is 23.1. The molecule has 0 unspecified atom stereocenters. The fraction of sp³-hybridized carbons (Fsp3) is 0.552. The molecule has 1 aromatic heterocycles. The average Bonchev–Trinajstić information content (AvgIpc) is 3.45. The fourth-order valence-electron chi connectivity index (χ4n) is 5.71. The summed E-state index contributed by atoms with van der Waals surface area (Å²) in [5.41, 5.74) is 0.920. The molecule has 2 aromatic rings. The van der Waals surface area contributed by atoms with Crippen LogP contribution in [0.5, 0.6) is 11.5 Å². The Hall–Kier alpha value is -3.39. The lowest BCUT2D eigenvalue weighted by molar-refractivity contribution is -0.159. The number of amides is 1. The predicted octanol–water partition coefficient (Wildman–Crippen LogP) is 2.69. The van der Waals surface area contributed by atoms with E-state index in [-0.39, 0.29) is 24.5 Å². The van der Waals surface area contributed by atoms with Gasteiger partial charge in [-0.25, -0.2) is 4.98 Å². The second kappa shape index (κ2) is 10.3. The zero-order valence-electron chi connectivity index (χ0n) is 23.1. The zero-order chi connectivity index (χ0) is 27.9. The van der Waals surface area contributed by atoms with Gasteiger partial charge in [0, 0.05) is 30.6 Å². The molecule has 3 aliphatic rings. The van der Waals surface area contributed by atoms with Gasteiger partial charge in [-0.15, -0.1) is 0 Å². The van der Waals surface area contributed by atoms with E-state index >= 15 is 0 Å². The number of pyridine rings is 1. The number of carbonyl (C=O) groups excluding carboxylic acids is 1. The molecule has 10 nitrogen and oxygen atoms in total. The summed E-state index contributed by atoms with van der Waals surface area (Å²) in [6.07, 6.45) is 0.263. The van der Waals surface area contributed by atoms with E-state index in [1.807, 2.05) is 30.0 Å². The summed E-state index contributed by atoms with van der Waals surface area (Å²) in [5, 5.41) is 20.2. The van der Waals surface area contributed by atoms with E-state index in [9.17, 15) is 15.2 Å². The highest BCUT2D eigenvalue weighted by Gasteiger charge is 2.50. The minimum Gasteiger partial charge on any atom is -0.493 e. The number of hydrogen-bond acceptors (Lipinski definition) is 9. The number of rotatable bonds is 7. The Labute approximate surface area is 229 Å². The second-order valence-electron chi connectivity index (χ2n) is 11.3. The molecule has 1 aromatic carbocycles. The van der Waals surface area contributed by atoms with Crippen LogP contribution in [0.2, 0.25) is 0 Å². The number of likely N-dealkylation sites (tertiary alicyclic amines) is 1. The first-order valence-electron chi connectivity index (χ1n) is 13.3. The molecule has 4 atom stereocenters. The number of anilines is 1. The molecule has 3 fully saturated rings. The number of ether oxygens (including phenoxy) is 4. The minimum absolute atomic E-state index is 0.102. The summed E-state index contributed by atoms with van der Waals surface area (Å²) in [6.45, 7) is 9.63. The van der Waals surface area contributed by atoms with Crippen molar-refractivity contribution < 1.29 is 28.8 Å². The maximum atomic E-state index is 13.3. The maximum absolute atomic E-state index is 13.3. The van der Waals surface area contributed by atoms with Crippen molar-refractivity contribution in [1.82, 2.24) is 9.88 Å². The van der Waals surface area contributed by atoms with Crippen molar-refractivity contribution >= 4 is 11.7 Å². The second-order valence-corrected chi connectivity index (χ2v) is 11.3. The standard InChI is InChI=1S/C29H36N4O6/c1-18(34)29(4)17-33(27(35)25-16-37-28(2,3)39-25)15-22(29)19-8-9-23(36-5)24(11-19)38-21-13-32(14-21)26-20(12-30)7-6-10-31-26/h6-11,18,21-22,25,34H,13-17H2,1-5H3/t18-,22+,25+,29+/m1/s1. The van der Waals surface area contributed by atoms with E-state index < -0.39 is 23.4 Å². The summed E-state index contributed by atoms with van der Waals surface area (Å²) in [6, 6.07) is 11.5. The first-order valence-corrected chi connectivity index (χ1v) is 13.3. The Kier molecular flexibility index (Phi) is 7.18. The molecule has 0 bridgehead atoms. The molecule has 1 amide bonds. The number of aromatic nitrogens is 1. The number of methoxy groups -OCH3 is 1. The van der Waals surface area contributed by atoms with Gasteiger partial charge in [0.05, 0.1) is 38.5 Å². The van der Waals surface area contributed by atoms with Gasteiger partial charge in [0.2, 0.25) is 0 Å². The van der Waals surface area contributed by atoms with Crippen molar-refractivity contribution in [3.63, 3.8) is 0 Å². The lowest BCUT2D eigenvalue weighted by atomic mass is 9.72. The number of carbonyl (C=O) groups is 1. The normalized spacial score (nSPS) is 27.1. The topological polar surface area (TPSA) is 117 Å². The van der Waals surface area contributed by atoms with Crippen molar-refractivity contribution in [2.45, 2.75) is 57.7 Å². The minimum atomic E-state index is -0.793. The number of aliphatic hydroxyl groups excluding tert-OH is 1. The van der Waals surface area contributed by atoms with Crippen LogP contribution in [0.3, 0.4) is 0 Å². The van der Waals surface area contributed by atoms with E-state index in [1.165, 1.54) is 0 Å². The third kappa shape index (κ3) is 5.14. The lowest BCUT2D eigenvalue weighted by Gasteiger charge is -2.40. The van der Waals surface area contributed by atoms with Crippen LogP contribution >= 0.6 is 0 Å². The van der Waals surface area contributed by atoms with Crippen LogP contribution < -0.4 is 14.4 Å². The molecule has 3 aliphatic heterocycles. The third-order valence-corrected chi connectivity index (χ3v) is 8.22. The molecule has 0 saturated carbocycles. The molecule has 0 aliphatic carbocycles. The highest BCUT2D eigenvalue weighted by Crippen LogP contribution is 2.47. The van der Waals surface area contributed by atoms with Gasteiger partial charge in [0.1, 0.15) is 18.0 Å². The van der Waals surface area contributed by atoms with Gasteiger partial charge in [-0.1, -0.05) is 13.0 Å². The van der Waals surface area contributed by atoms with Crippen molar-refractivity contribution in [2.24, 2.45) is 5.41 Å². The number of aliphatic hydroxyl groups is 1. The number of nitrogens with zero attached hydrogens (tertiary/aromatic N) is 4. The van der Waals surface area contributed by atoms with Gasteiger partial charge in [-0.3, -0.25) is 4.79 Å². The van der Waals surface area contributed by atoms with Crippen LogP contribution in [0, 0.1) is 16.7 Å². The summed E-state index contributed by atoms with van der Waals surface area (Å²) in [4.78, 5) is 21.5. The van der Waals surface area contributed by atoms with E-state index in [2.05, 4.69) is 11.1 Å². The van der Waals surface area contributed by atoms with Crippen molar-refractivity contribution in [3.05, 3.63) is 47.7 Å². The highest BCUT2D eigenvalue weighted by molar-refractivity contribution is 5.82. The lowest BCUT2D eigenvalue weighted by Crippen LogP contribution is -2.54. The third-order valence-electron chi connectivity index (χ3n) is 8.22. The predicted molar refractivity (Wildman–Crippen MR) is 143 cm³/mol. The molecular formula is C29H36N4O6. The van der Waals surface area contributed by atoms with Gasteiger partial charge in [-0.2, -0.15) is 5.26 Å². The van der Waals surface area contributed by atoms with Gasteiger partial charge in [-0.05, 0) is 50.6 Å². The van der Waals surface area contributed by atoms with Crippen molar-refractivity contribution in [2.75, 3.05) is 44.8 Å². The molecule has 39 heavy (non-hydrogen) atoms. The Balaban J connectivity index is 1.33. The molecule has 0 radical (unpaired) electrons. The Morgan fingerprint density at radius 1 is 1.23 bits per heavy atom. The van der Waals surface area contributed by atoms with Crippen LogP contribution in [0.4, 0.5) is 5.82 Å². The van der Waals surface area contributed by atoms with Crippen molar-refractivity contribution in [3.8, 4) is 17.6 Å². The smallest absolute Gasteiger partial charge is 0.254 e. The quantitative estimate of drug-likeness (QED) is 0.570. The van der Waals surface area contributed by atoms with E-state index in [0.717, 1.165) is 5.56 Å². The first-order chi connectivity index (χ1) is 18.5. The Morgan fingerprint density at radius 3 is 2.64 bits per heavy atom. The summed E-state index contributed by atoms with van der Waals surface area (Å²) in [7, 11) is 1.60. The van der Waals surface area contributed by atoms with E-state index in [0.29, 0.717) is 49.1 Å². The van der Waals surface area contributed by atoms with Crippen LogP contribution in [-0.2, 0) is 14.3 Å². The SMILES string of the molecule is COc1ccc([C@@H]2CN(C(=O)[C@@H]3COC(C)(C)O3)C[C@@]2(C)[C@@H](C)O)cc1OC1CN(c2ncccc2C#N)C1. The van der Waals surface area contributed by atoms with Gasteiger partial charge in [0.25, 0.3) is 5.91 Å². The summed E-state index contributed by atoms with van der Waals surface area (Å²) in [5.74, 6) is 0.822. The molecule has 1 N–H and O–H groups in total. The van der Waals surface area contributed by atoms with Crippen LogP contribution in [0.25, 0.3) is 0 Å². The highest BCUT2D eigenvalue weighted by atomic mass is 16.7. The Bertz CT molecular complexity index is 1270. The average molecular weight is 537 g/mol. The van der Waals surface area contributed by atoms with Crippen LogP contribution in [0.1, 0.15) is 44.7 Å². The molecule has 0 spiro atoms. The number of benzene rings is 1. The van der Waals surface area contributed by atoms with Crippen molar-refractivity contribution in [1.29, 1.82) is 5.26 Å². The van der Waals surface area contributed by atoms with E-state index in [1.54, 1.807) is 51.1 Å². The van der Waals surface area contributed by atoms with Gasteiger partial charge < -0.3 is 33.9 Å². The monoisotopic (exact) mass is 536 g/mol. The van der Waals surface area contributed by atoms with Crippen LogP contribution in [-0.4, -0.2) is 84.9 Å². The fourth-order valence-corrected chi connectivity index (χ4v) is 5.71. The number of nitriles is 1. The van der Waals surface area contributed by atoms with Crippen LogP contribution in [0.15, 0.2) is 36.5 Å². The summed E-state index contributed by atoms with van der Waals surface area (Å²) >= 11 is 0. The molecular weight excluding hydrogens is 500 g/mol. The molecule has 3 saturated heterocycles. The summed E-state index contributed by atoms with van der Waals surface area (Å²) < 4.78 is 23.4. The maximum Gasteiger partial charge on any atom is 0.254 e. The molecule has 208 valence electrons. The largest absolute Gasteiger partial charge is 0.493 e. The number of hydrogen-bond donors (Lipinski definition) is 1. The first kappa shape index (κ1) is 27.2.